The normalized spacial score (nSPS) is 18.8. The fourth-order valence-corrected chi connectivity index (χ4v) is 5.20. The van der Waals surface area contributed by atoms with Gasteiger partial charge in [-0.2, -0.15) is 0 Å². The molecule has 158 valence electrons. The minimum Gasteiger partial charge on any atom is -0.477 e. The molecule has 0 aliphatic carbocycles. The van der Waals surface area contributed by atoms with Gasteiger partial charge in [0, 0.05) is 32.4 Å². The number of hydrogen-bond acceptors (Lipinski definition) is 7. The predicted molar refractivity (Wildman–Crippen MR) is 108 cm³/mol. The lowest BCUT2D eigenvalue weighted by molar-refractivity contribution is 0.0695. The van der Waals surface area contributed by atoms with Gasteiger partial charge in [0.2, 0.25) is 5.43 Å². The van der Waals surface area contributed by atoms with Crippen LogP contribution >= 0.6 is 11.8 Å². The van der Waals surface area contributed by atoms with Crippen LogP contribution in [0.1, 0.15) is 23.2 Å². The van der Waals surface area contributed by atoms with Gasteiger partial charge in [-0.15, -0.1) is 5.10 Å². The van der Waals surface area contributed by atoms with Crippen LogP contribution in [0.3, 0.4) is 0 Å². The Labute approximate surface area is 173 Å². The molecule has 0 spiro atoms. The van der Waals surface area contributed by atoms with Gasteiger partial charge in [-0.3, -0.25) is 4.79 Å². The minimum atomic E-state index is -1.44. The number of nitrogens with zero attached hydrogens (tertiary/aromatic N) is 4. The molecule has 3 aliphatic heterocycles. The molecule has 2 saturated heterocycles. The molecule has 1 aromatic carbocycles. The average Bonchev–Trinajstić information content (AvgIpc) is 3.28. The quantitative estimate of drug-likeness (QED) is 0.772. The molecular weight excluding hydrogens is 418 g/mol. The lowest BCUT2D eigenvalue weighted by atomic mass is 10.1. The Morgan fingerprint density at radius 1 is 1.10 bits per heavy atom. The van der Waals surface area contributed by atoms with Crippen molar-refractivity contribution in [1.82, 2.24) is 9.58 Å². The first kappa shape index (κ1) is 19.3. The molecule has 1 aromatic heterocycles. The van der Waals surface area contributed by atoms with Crippen LogP contribution in [0.4, 0.5) is 14.5 Å². The molecule has 11 heteroatoms. The van der Waals surface area contributed by atoms with E-state index in [4.69, 9.17) is 4.74 Å². The lowest BCUT2D eigenvalue weighted by Crippen LogP contribution is -2.38. The van der Waals surface area contributed by atoms with Gasteiger partial charge in [-0.1, -0.05) is 0 Å². The third kappa shape index (κ3) is 2.87. The number of morpholine rings is 1. The molecule has 0 unspecified atom stereocenters. The maximum absolute atomic E-state index is 15.3. The van der Waals surface area contributed by atoms with Gasteiger partial charge in [0.25, 0.3) is 0 Å². The number of ether oxygens (including phenoxy) is 1. The Hall–Kier alpha value is -2.66. The zero-order valence-corrected chi connectivity index (χ0v) is 16.7. The highest BCUT2D eigenvalue weighted by Gasteiger charge is 2.34. The van der Waals surface area contributed by atoms with Crippen molar-refractivity contribution in [3.63, 3.8) is 0 Å². The second-order valence-corrected chi connectivity index (χ2v) is 8.31. The van der Waals surface area contributed by atoms with E-state index in [0.29, 0.717) is 18.4 Å². The number of benzene rings is 1. The highest BCUT2D eigenvalue weighted by atomic mass is 32.2. The van der Waals surface area contributed by atoms with Crippen molar-refractivity contribution < 1.29 is 23.4 Å². The molecule has 2 aromatic rings. The number of hydrogen-bond donors (Lipinski definition) is 1. The first-order valence-electron chi connectivity index (χ1n) is 9.65. The Morgan fingerprint density at radius 2 is 1.80 bits per heavy atom. The molecule has 0 radical (unpaired) electrons. The van der Waals surface area contributed by atoms with Gasteiger partial charge >= 0.3 is 5.97 Å². The Bertz CT molecular complexity index is 1150. The SMILES string of the molecule is O=C(O)c1cn2c3c(c(F)c(F)c(N4CCOCC4)c3c1=O)SC(N1CCCC1)=N2. The molecule has 2 fully saturated rings. The minimum absolute atomic E-state index is 0.0505. The molecule has 0 atom stereocenters. The summed E-state index contributed by atoms with van der Waals surface area (Å²) >= 11 is 0.976. The summed E-state index contributed by atoms with van der Waals surface area (Å²) < 4.78 is 37.1. The summed E-state index contributed by atoms with van der Waals surface area (Å²) in [5.41, 5.74) is -1.52. The average molecular weight is 436 g/mol. The van der Waals surface area contributed by atoms with Gasteiger partial charge in [-0.05, 0) is 24.6 Å². The van der Waals surface area contributed by atoms with Crippen molar-refractivity contribution in [2.75, 3.05) is 44.3 Å². The second-order valence-electron chi connectivity index (χ2n) is 7.33. The number of carboxylic acid groups (broad SMARTS) is 1. The molecular formula is C19H18F2N4O4S. The van der Waals surface area contributed by atoms with E-state index in [9.17, 15) is 14.7 Å². The van der Waals surface area contributed by atoms with Crippen molar-refractivity contribution in [3.05, 3.63) is 33.6 Å². The van der Waals surface area contributed by atoms with Crippen molar-refractivity contribution in [2.24, 2.45) is 5.10 Å². The molecule has 30 heavy (non-hydrogen) atoms. The van der Waals surface area contributed by atoms with E-state index in [2.05, 4.69) is 5.10 Å². The topological polar surface area (TPSA) is 87.4 Å². The van der Waals surface area contributed by atoms with E-state index in [1.165, 1.54) is 9.58 Å². The van der Waals surface area contributed by atoms with Crippen LogP contribution in [0, 0.1) is 11.6 Å². The number of pyridine rings is 1. The number of likely N-dealkylation sites (tertiary alicyclic amines) is 1. The van der Waals surface area contributed by atoms with Gasteiger partial charge in [0.15, 0.2) is 16.8 Å². The van der Waals surface area contributed by atoms with Crippen molar-refractivity contribution in [3.8, 4) is 0 Å². The van der Waals surface area contributed by atoms with Crippen LogP contribution in [0.25, 0.3) is 10.9 Å². The van der Waals surface area contributed by atoms with Crippen LogP contribution in [0.15, 0.2) is 21.0 Å². The number of thioether (sulfide) groups is 1. The second kappa shape index (κ2) is 7.24. The van der Waals surface area contributed by atoms with Crippen LogP contribution in [-0.4, -0.2) is 65.2 Å². The summed E-state index contributed by atoms with van der Waals surface area (Å²) in [5.74, 6) is -3.65. The van der Waals surface area contributed by atoms with E-state index >= 15 is 8.78 Å². The molecule has 1 N–H and O–H groups in total. The summed E-state index contributed by atoms with van der Waals surface area (Å²) in [4.78, 5) is 28.2. The van der Waals surface area contributed by atoms with Gasteiger partial charge in [0.05, 0.1) is 34.7 Å². The van der Waals surface area contributed by atoms with Gasteiger partial charge < -0.3 is 19.6 Å². The van der Waals surface area contributed by atoms with Crippen LogP contribution in [0.5, 0.6) is 0 Å². The lowest BCUT2D eigenvalue weighted by Gasteiger charge is -2.32. The molecule has 0 amide bonds. The summed E-state index contributed by atoms with van der Waals surface area (Å²) in [7, 11) is 0. The Morgan fingerprint density at radius 3 is 2.47 bits per heavy atom. The van der Waals surface area contributed by atoms with Crippen molar-refractivity contribution in [1.29, 1.82) is 0 Å². The first-order valence-corrected chi connectivity index (χ1v) is 10.5. The maximum Gasteiger partial charge on any atom is 0.341 e. The van der Waals surface area contributed by atoms with Gasteiger partial charge in [0.1, 0.15) is 5.56 Å². The highest BCUT2D eigenvalue weighted by molar-refractivity contribution is 8.14. The number of anilines is 1. The molecule has 8 nitrogen and oxygen atoms in total. The monoisotopic (exact) mass is 436 g/mol. The summed E-state index contributed by atoms with van der Waals surface area (Å²) in [6.07, 6.45) is 3.01. The molecule has 5 rings (SSSR count). The fourth-order valence-electron chi connectivity index (χ4n) is 4.11. The third-order valence-electron chi connectivity index (χ3n) is 5.56. The van der Waals surface area contributed by atoms with E-state index in [1.807, 2.05) is 4.90 Å². The zero-order valence-electron chi connectivity index (χ0n) is 15.9. The molecule has 0 bridgehead atoms. The van der Waals surface area contributed by atoms with Crippen LogP contribution < -0.4 is 10.3 Å². The van der Waals surface area contributed by atoms with E-state index in [1.54, 1.807) is 0 Å². The molecule has 4 heterocycles. The van der Waals surface area contributed by atoms with E-state index < -0.39 is 28.6 Å². The molecule has 0 saturated carbocycles. The van der Waals surface area contributed by atoms with Crippen molar-refractivity contribution in [2.45, 2.75) is 17.7 Å². The number of carboxylic acids is 1. The fraction of sp³-hybridized carbons (Fsp3) is 0.421. The summed E-state index contributed by atoms with van der Waals surface area (Å²) in [6, 6.07) is 0. The Balaban J connectivity index is 1.84. The maximum atomic E-state index is 15.3. The zero-order chi connectivity index (χ0) is 21.0. The number of rotatable bonds is 2. The number of halogens is 2. The molecule has 3 aliphatic rings. The Kier molecular flexibility index (Phi) is 4.66. The number of aromatic nitrogens is 1. The number of carbonyl (C=O) groups is 1. The van der Waals surface area contributed by atoms with Crippen LogP contribution in [0.2, 0.25) is 0 Å². The third-order valence-corrected chi connectivity index (χ3v) is 6.66. The van der Waals surface area contributed by atoms with Crippen molar-refractivity contribution >= 4 is 39.5 Å². The smallest absolute Gasteiger partial charge is 0.341 e. The van der Waals surface area contributed by atoms with Gasteiger partial charge in [-0.25, -0.2) is 18.3 Å². The number of aromatic carboxylic acids is 1. The largest absolute Gasteiger partial charge is 0.477 e. The summed E-state index contributed by atoms with van der Waals surface area (Å²) in [6.45, 7) is 2.57. The predicted octanol–water partition coefficient (Wildman–Crippen LogP) is 2.14. The van der Waals surface area contributed by atoms with E-state index in [-0.39, 0.29) is 34.6 Å². The first-order chi connectivity index (χ1) is 14.5. The van der Waals surface area contributed by atoms with Crippen LogP contribution in [-0.2, 0) is 4.74 Å². The summed E-state index contributed by atoms with van der Waals surface area (Å²) in [5, 5.41) is 14.3. The highest BCUT2D eigenvalue weighted by Crippen LogP contribution is 2.42. The van der Waals surface area contributed by atoms with E-state index in [0.717, 1.165) is 43.9 Å². The standard InChI is InChI=1S/C19H18F2N4O4S/c20-12-13(21)17-15-11(14(12)23-5-7-29-8-6-23)16(26)10(18(27)28)9-25(15)22-19(30-17)24-3-1-2-4-24/h9H,1-8H2,(H,27,28). The number of amidine groups is 1.